The maximum absolute atomic E-state index is 5.32. The van der Waals surface area contributed by atoms with E-state index in [1.807, 2.05) is 13.1 Å². The molecule has 1 heterocycles. The molecule has 2 aromatic rings. The number of hydrogen-bond donors (Lipinski definition) is 2. The number of aromatic nitrogens is 1. The van der Waals surface area contributed by atoms with Gasteiger partial charge >= 0.3 is 0 Å². The number of para-hydroxylation sites is 1. The van der Waals surface area contributed by atoms with Gasteiger partial charge in [-0.25, -0.2) is 5.43 Å². The van der Waals surface area contributed by atoms with Gasteiger partial charge in [0.25, 0.3) is 0 Å². The highest BCUT2D eigenvalue weighted by atomic mass is 15.3. The van der Waals surface area contributed by atoms with E-state index in [0.29, 0.717) is 6.67 Å². The maximum atomic E-state index is 5.32. The van der Waals surface area contributed by atoms with Crippen molar-refractivity contribution in [2.24, 2.45) is 12.9 Å². The normalized spacial score (nSPS) is 10.9. The van der Waals surface area contributed by atoms with E-state index in [0.717, 1.165) is 0 Å². The van der Waals surface area contributed by atoms with Gasteiger partial charge in [-0.05, 0) is 6.07 Å². The summed E-state index contributed by atoms with van der Waals surface area (Å²) in [6, 6.07) is 8.34. The van der Waals surface area contributed by atoms with Crippen LogP contribution in [0.3, 0.4) is 0 Å². The Kier molecular flexibility index (Phi) is 2.62. The number of fused-ring (bicyclic) bond motifs is 1. The van der Waals surface area contributed by atoms with Crippen molar-refractivity contribution in [3.05, 3.63) is 30.5 Å². The Balaban J connectivity index is 2.52. The summed E-state index contributed by atoms with van der Waals surface area (Å²) < 4.78 is 2.12. The first-order valence-corrected chi connectivity index (χ1v) is 4.92. The zero-order valence-electron chi connectivity index (χ0n) is 9.07. The lowest BCUT2D eigenvalue weighted by Crippen LogP contribution is -2.35. The smallest absolute Gasteiger partial charge is 0.0805 e. The molecule has 3 N–H and O–H groups in total. The predicted molar refractivity (Wildman–Crippen MR) is 63.5 cm³/mol. The topological polar surface area (TPSA) is 46.2 Å². The predicted octanol–water partition coefficient (Wildman–Crippen LogP) is 1.04. The fourth-order valence-electron chi connectivity index (χ4n) is 1.85. The molecular formula is C11H16N4. The molecular weight excluding hydrogens is 188 g/mol. The quantitative estimate of drug-likeness (QED) is 0.446. The molecule has 2 rings (SSSR count). The number of nitrogens with one attached hydrogen (secondary N) is 1. The SMILES string of the molecule is CN(CNN)c1cn(C)c2ccccc12. The second-order valence-electron chi connectivity index (χ2n) is 3.70. The summed E-state index contributed by atoms with van der Waals surface area (Å²) >= 11 is 0. The van der Waals surface area contributed by atoms with E-state index < -0.39 is 0 Å². The van der Waals surface area contributed by atoms with Crippen molar-refractivity contribution in [3.8, 4) is 0 Å². The number of rotatable bonds is 3. The second kappa shape index (κ2) is 3.92. The molecule has 0 spiro atoms. The molecule has 0 aliphatic rings. The summed E-state index contributed by atoms with van der Waals surface area (Å²) in [7, 11) is 4.07. The number of anilines is 1. The van der Waals surface area contributed by atoms with Crippen LogP contribution < -0.4 is 16.2 Å². The Morgan fingerprint density at radius 2 is 2.13 bits per heavy atom. The van der Waals surface area contributed by atoms with Crippen LogP contribution in [0.25, 0.3) is 10.9 Å². The number of nitrogens with zero attached hydrogens (tertiary/aromatic N) is 2. The van der Waals surface area contributed by atoms with Gasteiger partial charge in [0, 0.05) is 31.2 Å². The average Bonchev–Trinajstić information content (AvgIpc) is 2.58. The van der Waals surface area contributed by atoms with E-state index in [-0.39, 0.29) is 0 Å². The summed E-state index contributed by atoms with van der Waals surface area (Å²) in [6.07, 6.45) is 2.11. The molecule has 1 aromatic heterocycles. The van der Waals surface area contributed by atoms with Crippen molar-refractivity contribution < 1.29 is 0 Å². The third-order valence-corrected chi connectivity index (χ3v) is 2.62. The van der Waals surface area contributed by atoms with Crippen LogP contribution in [0.15, 0.2) is 30.5 Å². The molecule has 1 aromatic carbocycles. The van der Waals surface area contributed by atoms with Gasteiger partial charge in [0.1, 0.15) is 0 Å². The number of aryl methyl sites for hydroxylation is 1. The summed E-state index contributed by atoms with van der Waals surface area (Å²) in [5, 5.41) is 1.25. The van der Waals surface area contributed by atoms with Gasteiger partial charge in [-0.2, -0.15) is 0 Å². The first-order valence-electron chi connectivity index (χ1n) is 4.92. The molecule has 0 saturated carbocycles. The van der Waals surface area contributed by atoms with E-state index in [1.165, 1.54) is 16.6 Å². The van der Waals surface area contributed by atoms with Gasteiger partial charge in [0.15, 0.2) is 0 Å². The molecule has 0 amide bonds. The third kappa shape index (κ3) is 1.69. The van der Waals surface area contributed by atoms with Crippen LogP contribution in [0.4, 0.5) is 5.69 Å². The lowest BCUT2D eigenvalue weighted by atomic mass is 10.2. The first kappa shape index (κ1) is 10.0. The van der Waals surface area contributed by atoms with Crippen molar-refractivity contribution in [2.75, 3.05) is 18.6 Å². The highest BCUT2D eigenvalue weighted by Gasteiger charge is 2.08. The minimum atomic E-state index is 0.633. The number of benzene rings is 1. The second-order valence-corrected chi connectivity index (χ2v) is 3.70. The highest BCUT2D eigenvalue weighted by molar-refractivity contribution is 5.93. The van der Waals surface area contributed by atoms with Gasteiger partial charge in [0.2, 0.25) is 0 Å². The number of hydrogen-bond acceptors (Lipinski definition) is 3. The molecule has 4 heteroatoms. The van der Waals surface area contributed by atoms with E-state index in [4.69, 9.17) is 5.84 Å². The summed E-state index contributed by atoms with van der Waals surface area (Å²) in [5.41, 5.74) is 5.08. The van der Waals surface area contributed by atoms with Gasteiger partial charge in [-0.3, -0.25) is 5.84 Å². The molecule has 0 aliphatic carbocycles. The van der Waals surface area contributed by atoms with Crippen LogP contribution >= 0.6 is 0 Å². The standard InChI is InChI=1S/C11H16N4/c1-14-7-11(15(2)8-13-12)9-5-3-4-6-10(9)14/h3-7,13H,8,12H2,1-2H3. The highest BCUT2D eigenvalue weighted by Crippen LogP contribution is 2.26. The molecule has 0 saturated heterocycles. The van der Waals surface area contributed by atoms with E-state index in [2.05, 4.69) is 46.3 Å². The molecule has 0 fully saturated rings. The fourth-order valence-corrected chi connectivity index (χ4v) is 1.85. The van der Waals surface area contributed by atoms with Crippen LogP contribution in [-0.2, 0) is 7.05 Å². The summed E-state index contributed by atoms with van der Waals surface area (Å²) in [5.74, 6) is 5.32. The van der Waals surface area contributed by atoms with E-state index in [9.17, 15) is 0 Å². The number of nitrogens with two attached hydrogens (primary N) is 1. The van der Waals surface area contributed by atoms with Gasteiger partial charge in [-0.15, -0.1) is 0 Å². The van der Waals surface area contributed by atoms with Crippen molar-refractivity contribution in [1.82, 2.24) is 9.99 Å². The summed E-state index contributed by atoms with van der Waals surface area (Å²) in [4.78, 5) is 2.09. The maximum Gasteiger partial charge on any atom is 0.0805 e. The van der Waals surface area contributed by atoms with E-state index >= 15 is 0 Å². The van der Waals surface area contributed by atoms with Crippen molar-refractivity contribution in [2.45, 2.75) is 0 Å². The Morgan fingerprint density at radius 3 is 2.87 bits per heavy atom. The van der Waals surface area contributed by atoms with E-state index in [1.54, 1.807) is 0 Å². The molecule has 4 nitrogen and oxygen atoms in total. The fraction of sp³-hybridized carbons (Fsp3) is 0.273. The van der Waals surface area contributed by atoms with Gasteiger partial charge < -0.3 is 9.47 Å². The molecule has 0 bridgehead atoms. The van der Waals surface area contributed by atoms with Crippen molar-refractivity contribution in [1.29, 1.82) is 0 Å². The lowest BCUT2D eigenvalue weighted by molar-refractivity contribution is 0.718. The van der Waals surface area contributed by atoms with Crippen molar-refractivity contribution >= 4 is 16.6 Å². The zero-order valence-corrected chi connectivity index (χ0v) is 9.07. The molecule has 0 atom stereocenters. The van der Waals surface area contributed by atoms with Crippen LogP contribution in [0, 0.1) is 0 Å². The first-order chi connectivity index (χ1) is 7.24. The zero-order chi connectivity index (χ0) is 10.8. The Morgan fingerprint density at radius 1 is 1.40 bits per heavy atom. The van der Waals surface area contributed by atoms with Gasteiger partial charge in [0.05, 0.1) is 12.4 Å². The Bertz CT molecular complexity index is 461. The lowest BCUT2D eigenvalue weighted by Gasteiger charge is -2.16. The van der Waals surface area contributed by atoms with Crippen molar-refractivity contribution in [3.63, 3.8) is 0 Å². The Hall–Kier alpha value is -1.52. The Labute approximate surface area is 89.2 Å². The van der Waals surface area contributed by atoms with Crippen LogP contribution in [0.2, 0.25) is 0 Å². The number of hydrazine groups is 1. The van der Waals surface area contributed by atoms with Crippen LogP contribution in [-0.4, -0.2) is 18.3 Å². The minimum Gasteiger partial charge on any atom is -0.359 e. The average molecular weight is 204 g/mol. The molecule has 80 valence electrons. The third-order valence-electron chi connectivity index (χ3n) is 2.62. The molecule has 15 heavy (non-hydrogen) atoms. The van der Waals surface area contributed by atoms with Gasteiger partial charge in [-0.1, -0.05) is 18.2 Å². The largest absolute Gasteiger partial charge is 0.359 e. The summed E-state index contributed by atoms with van der Waals surface area (Å²) in [6.45, 7) is 0.633. The molecule has 0 radical (unpaired) electrons. The minimum absolute atomic E-state index is 0.633. The monoisotopic (exact) mass is 204 g/mol. The van der Waals surface area contributed by atoms with Crippen LogP contribution in [0.5, 0.6) is 0 Å². The van der Waals surface area contributed by atoms with Crippen LogP contribution in [0.1, 0.15) is 0 Å². The molecule has 0 unspecified atom stereocenters. The molecule has 0 aliphatic heterocycles.